The molecule has 120 valence electrons. The summed E-state index contributed by atoms with van der Waals surface area (Å²) < 4.78 is 26.8. The molecule has 2 rings (SSSR count). The second-order valence-corrected chi connectivity index (χ2v) is 6.41. The molecule has 0 aromatic heterocycles. The molecule has 0 amide bonds. The Morgan fingerprint density at radius 1 is 0.864 bits per heavy atom. The van der Waals surface area contributed by atoms with E-state index in [0.717, 1.165) is 17.7 Å². The normalized spacial score (nSPS) is 11.0. The molecule has 0 atom stereocenters. The van der Waals surface area contributed by atoms with Gasteiger partial charge in [-0.05, 0) is 29.8 Å². The summed E-state index contributed by atoms with van der Waals surface area (Å²) in [6.45, 7) is 3.82. The molecule has 0 saturated heterocycles. The number of hydrogen-bond acceptors (Lipinski definition) is 3. The third-order valence-corrected chi connectivity index (χ3v) is 4.59. The van der Waals surface area contributed by atoms with E-state index in [1.54, 1.807) is 12.1 Å². The van der Waals surface area contributed by atoms with Crippen molar-refractivity contribution in [3.63, 3.8) is 0 Å². The fourth-order valence-electron chi connectivity index (χ4n) is 1.99. The van der Waals surface area contributed by atoms with Crippen molar-refractivity contribution in [2.75, 3.05) is 19.6 Å². The Morgan fingerprint density at radius 3 is 2.05 bits per heavy atom. The summed E-state index contributed by atoms with van der Waals surface area (Å²) in [6, 6.07) is 16.8. The Morgan fingerprint density at radius 2 is 1.45 bits per heavy atom. The SMILES string of the molecule is CCNCCNS(=O)(=O)c1ccc(-c2ccccc2)cc1.Cl. The van der Waals surface area contributed by atoms with E-state index in [1.165, 1.54) is 0 Å². The van der Waals surface area contributed by atoms with E-state index in [1.807, 2.05) is 49.4 Å². The van der Waals surface area contributed by atoms with Crippen LogP contribution in [0.25, 0.3) is 11.1 Å². The zero-order valence-corrected chi connectivity index (χ0v) is 14.1. The van der Waals surface area contributed by atoms with Crippen LogP contribution < -0.4 is 10.0 Å². The lowest BCUT2D eigenvalue weighted by Gasteiger charge is -2.08. The van der Waals surface area contributed by atoms with E-state index in [0.29, 0.717) is 18.0 Å². The summed E-state index contributed by atoms with van der Waals surface area (Å²) in [7, 11) is -3.43. The molecular weight excluding hydrogens is 320 g/mol. The van der Waals surface area contributed by atoms with Gasteiger partial charge in [-0.3, -0.25) is 0 Å². The summed E-state index contributed by atoms with van der Waals surface area (Å²) in [5, 5.41) is 3.08. The molecule has 0 aliphatic carbocycles. The zero-order valence-electron chi connectivity index (χ0n) is 12.5. The first-order chi connectivity index (χ1) is 10.1. The molecule has 0 aliphatic rings. The Bertz CT molecular complexity index is 658. The van der Waals surface area contributed by atoms with Gasteiger partial charge in [0.15, 0.2) is 0 Å². The van der Waals surface area contributed by atoms with Crippen LogP contribution in [0.15, 0.2) is 59.5 Å². The van der Waals surface area contributed by atoms with Gasteiger partial charge in [0.1, 0.15) is 0 Å². The molecule has 22 heavy (non-hydrogen) atoms. The van der Waals surface area contributed by atoms with Crippen LogP contribution in [0.3, 0.4) is 0 Å². The molecule has 0 fully saturated rings. The topological polar surface area (TPSA) is 58.2 Å². The molecule has 0 aliphatic heterocycles. The summed E-state index contributed by atoms with van der Waals surface area (Å²) in [5.74, 6) is 0. The van der Waals surface area contributed by atoms with Crippen LogP contribution in [0.5, 0.6) is 0 Å². The van der Waals surface area contributed by atoms with Gasteiger partial charge in [0.2, 0.25) is 10.0 Å². The highest BCUT2D eigenvalue weighted by Crippen LogP contribution is 2.20. The van der Waals surface area contributed by atoms with Gasteiger partial charge in [-0.25, -0.2) is 13.1 Å². The van der Waals surface area contributed by atoms with Crippen molar-refractivity contribution in [1.29, 1.82) is 0 Å². The lowest BCUT2D eigenvalue weighted by molar-refractivity contribution is 0.577. The first-order valence-electron chi connectivity index (χ1n) is 6.99. The summed E-state index contributed by atoms with van der Waals surface area (Å²) in [4.78, 5) is 0.290. The predicted molar refractivity (Wildman–Crippen MR) is 92.9 cm³/mol. The second kappa shape index (κ2) is 8.90. The van der Waals surface area contributed by atoms with Crippen molar-refractivity contribution in [3.8, 4) is 11.1 Å². The second-order valence-electron chi connectivity index (χ2n) is 4.64. The van der Waals surface area contributed by atoms with Crippen molar-refractivity contribution in [2.24, 2.45) is 0 Å². The van der Waals surface area contributed by atoms with Crippen LogP contribution in [0.4, 0.5) is 0 Å². The summed E-state index contributed by atoms with van der Waals surface area (Å²) >= 11 is 0. The Kier molecular flexibility index (Phi) is 7.55. The van der Waals surface area contributed by atoms with Gasteiger partial charge in [-0.1, -0.05) is 49.4 Å². The van der Waals surface area contributed by atoms with Crippen LogP contribution in [-0.4, -0.2) is 28.1 Å². The smallest absolute Gasteiger partial charge is 0.240 e. The van der Waals surface area contributed by atoms with Gasteiger partial charge in [0, 0.05) is 13.1 Å². The van der Waals surface area contributed by atoms with E-state index in [2.05, 4.69) is 10.0 Å². The van der Waals surface area contributed by atoms with Gasteiger partial charge in [-0.15, -0.1) is 12.4 Å². The molecule has 4 nitrogen and oxygen atoms in total. The molecule has 0 saturated carbocycles. The maximum Gasteiger partial charge on any atom is 0.240 e. The molecule has 0 spiro atoms. The van der Waals surface area contributed by atoms with Crippen molar-refractivity contribution in [1.82, 2.24) is 10.0 Å². The zero-order chi connectivity index (χ0) is 15.1. The van der Waals surface area contributed by atoms with Crippen LogP contribution in [0.1, 0.15) is 6.92 Å². The van der Waals surface area contributed by atoms with Gasteiger partial charge >= 0.3 is 0 Å². The van der Waals surface area contributed by atoms with Crippen LogP contribution in [0, 0.1) is 0 Å². The highest BCUT2D eigenvalue weighted by atomic mass is 35.5. The first kappa shape index (κ1) is 18.6. The van der Waals surface area contributed by atoms with E-state index in [9.17, 15) is 8.42 Å². The highest BCUT2D eigenvalue weighted by Gasteiger charge is 2.12. The number of likely N-dealkylation sites (N-methyl/N-ethyl adjacent to an activating group) is 1. The quantitative estimate of drug-likeness (QED) is 0.762. The minimum atomic E-state index is -3.43. The molecule has 6 heteroatoms. The summed E-state index contributed by atoms with van der Waals surface area (Å²) in [6.07, 6.45) is 0. The Labute approximate surface area is 138 Å². The van der Waals surface area contributed by atoms with Crippen LogP contribution >= 0.6 is 12.4 Å². The summed E-state index contributed by atoms with van der Waals surface area (Å²) in [5.41, 5.74) is 2.07. The highest BCUT2D eigenvalue weighted by molar-refractivity contribution is 7.89. The third kappa shape index (κ3) is 5.10. The Balaban J connectivity index is 0.00000242. The number of sulfonamides is 1. The Hall–Kier alpha value is -1.40. The van der Waals surface area contributed by atoms with Crippen molar-refractivity contribution in [3.05, 3.63) is 54.6 Å². The fourth-order valence-corrected chi connectivity index (χ4v) is 3.02. The van der Waals surface area contributed by atoms with Gasteiger partial charge in [0.05, 0.1) is 4.90 Å². The first-order valence-corrected chi connectivity index (χ1v) is 8.47. The van der Waals surface area contributed by atoms with Crippen molar-refractivity contribution >= 4 is 22.4 Å². The fraction of sp³-hybridized carbons (Fsp3) is 0.250. The van der Waals surface area contributed by atoms with Crippen molar-refractivity contribution in [2.45, 2.75) is 11.8 Å². The maximum atomic E-state index is 12.1. The van der Waals surface area contributed by atoms with E-state index < -0.39 is 10.0 Å². The molecule has 2 aromatic carbocycles. The van der Waals surface area contributed by atoms with Gasteiger partial charge < -0.3 is 5.32 Å². The third-order valence-electron chi connectivity index (χ3n) is 3.12. The largest absolute Gasteiger partial charge is 0.316 e. The minimum Gasteiger partial charge on any atom is -0.316 e. The lowest BCUT2D eigenvalue weighted by Crippen LogP contribution is -2.31. The monoisotopic (exact) mass is 340 g/mol. The van der Waals surface area contributed by atoms with Gasteiger partial charge in [-0.2, -0.15) is 0 Å². The molecule has 0 bridgehead atoms. The minimum absolute atomic E-state index is 0. The number of nitrogens with one attached hydrogen (secondary N) is 2. The molecule has 0 unspecified atom stereocenters. The molecule has 2 N–H and O–H groups in total. The standard InChI is InChI=1S/C16H20N2O2S.ClH/c1-2-17-12-13-18-21(19,20)16-10-8-15(9-11-16)14-6-4-3-5-7-14;/h3-11,17-18H,2,12-13H2,1H3;1H. The van der Waals surface area contributed by atoms with Gasteiger partial charge in [0.25, 0.3) is 0 Å². The van der Waals surface area contributed by atoms with Crippen LogP contribution in [-0.2, 0) is 10.0 Å². The lowest BCUT2D eigenvalue weighted by atomic mass is 10.1. The van der Waals surface area contributed by atoms with E-state index in [4.69, 9.17) is 0 Å². The maximum absolute atomic E-state index is 12.1. The molecule has 2 aromatic rings. The van der Waals surface area contributed by atoms with E-state index >= 15 is 0 Å². The number of rotatable bonds is 7. The van der Waals surface area contributed by atoms with Crippen LogP contribution in [0.2, 0.25) is 0 Å². The van der Waals surface area contributed by atoms with E-state index in [-0.39, 0.29) is 12.4 Å². The average Bonchev–Trinajstić information content (AvgIpc) is 2.53. The number of halogens is 1. The number of benzene rings is 2. The molecular formula is C16H21ClN2O2S. The number of hydrogen-bond donors (Lipinski definition) is 2. The predicted octanol–water partition coefficient (Wildman–Crippen LogP) is 2.66. The molecule has 0 heterocycles. The average molecular weight is 341 g/mol. The molecule has 0 radical (unpaired) electrons. The van der Waals surface area contributed by atoms with Crippen molar-refractivity contribution < 1.29 is 8.42 Å².